The van der Waals surface area contributed by atoms with Crippen molar-refractivity contribution in [2.75, 3.05) is 0 Å². The molecule has 1 aliphatic rings. The summed E-state index contributed by atoms with van der Waals surface area (Å²) in [5.41, 5.74) is 1.15. The third-order valence-corrected chi connectivity index (χ3v) is 3.71. The van der Waals surface area contributed by atoms with Crippen molar-refractivity contribution in [1.29, 1.82) is 0 Å². The van der Waals surface area contributed by atoms with Crippen LogP contribution in [0, 0.1) is 5.92 Å². The number of nitrogens with zero attached hydrogens (tertiary/aromatic N) is 1. The first-order valence-corrected chi connectivity index (χ1v) is 6.44. The number of aromatic nitrogens is 1. The summed E-state index contributed by atoms with van der Waals surface area (Å²) in [6, 6.07) is 7.17. The first-order chi connectivity index (χ1) is 7.77. The molecule has 3 atom stereocenters. The van der Waals surface area contributed by atoms with Crippen molar-refractivity contribution >= 4 is 0 Å². The van der Waals surface area contributed by atoms with Crippen LogP contribution in [-0.4, -0.2) is 11.0 Å². The summed E-state index contributed by atoms with van der Waals surface area (Å²) in [6.45, 7) is 4.58. The van der Waals surface area contributed by atoms with Gasteiger partial charge in [-0.3, -0.25) is 4.98 Å². The molecule has 0 aromatic carbocycles. The molecule has 88 valence electrons. The molecule has 2 rings (SSSR count). The van der Waals surface area contributed by atoms with Crippen molar-refractivity contribution in [2.24, 2.45) is 5.92 Å². The molecule has 1 heterocycles. The maximum Gasteiger partial charge on any atom is 0.0570 e. The van der Waals surface area contributed by atoms with Gasteiger partial charge in [-0.15, -0.1) is 0 Å². The Kier molecular flexibility index (Phi) is 3.94. The predicted octanol–water partition coefficient (Wildman–Crippen LogP) is 3.31. The van der Waals surface area contributed by atoms with Gasteiger partial charge in [0.2, 0.25) is 0 Å². The highest BCUT2D eigenvalue weighted by Gasteiger charge is 2.22. The minimum absolute atomic E-state index is 0.367. The van der Waals surface area contributed by atoms with Crippen LogP contribution in [0.1, 0.15) is 51.3 Å². The smallest absolute Gasteiger partial charge is 0.0570 e. The summed E-state index contributed by atoms with van der Waals surface area (Å²) in [5, 5.41) is 3.72. The Morgan fingerprint density at radius 1 is 1.31 bits per heavy atom. The van der Waals surface area contributed by atoms with E-state index in [1.165, 1.54) is 25.7 Å². The molecule has 1 aromatic rings. The van der Waals surface area contributed by atoms with Crippen molar-refractivity contribution in [3.63, 3.8) is 0 Å². The zero-order valence-corrected chi connectivity index (χ0v) is 10.3. The summed E-state index contributed by atoms with van der Waals surface area (Å²) in [6.07, 6.45) is 7.33. The summed E-state index contributed by atoms with van der Waals surface area (Å²) < 4.78 is 0. The van der Waals surface area contributed by atoms with Crippen molar-refractivity contribution < 1.29 is 0 Å². The SMILES string of the molecule is CC(NC1CCCCC1C)c1ccccn1. The van der Waals surface area contributed by atoms with Crippen LogP contribution < -0.4 is 5.32 Å². The zero-order chi connectivity index (χ0) is 11.4. The normalized spacial score (nSPS) is 27.6. The minimum Gasteiger partial charge on any atom is -0.306 e. The predicted molar refractivity (Wildman–Crippen MR) is 67.2 cm³/mol. The molecule has 0 spiro atoms. The van der Waals surface area contributed by atoms with E-state index >= 15 is 0 Å². The van der Waals surface area contributed by atoms with Gasteiger partial charge in [0.15, 0.2) is 0 Å². The van der Waals surface area contributed by atoms with Gasteiger partial charge in [0.25, 0.3) is 0 Å². The zero-order valence-electron chi connectivity index (χ0n) is 10.3. The highest BCUT2D eigenvalue weighted by atomic mass is 15.0. The van der Waals surface area contributed by atoms with E-state index in [1.807, 2.05) is 12.3 Å². The number of pyridine rings is 1. The van der Waals surface area contributed by atoms with Crippen LogP contribution in [0.5, 0.6) is 0 Å². The van der Waals surface area contributed by atoms with Crippen LogP contribution in [0.4, 0.5) is 0 Å². The monoisotopic (exact) mass is 218 g/mol. The fraction of sp³-hybridized carbons (Fsp3) is 0.643. The van der Waals surface area contributed by atoms with Crippen LogP contribution in [0.15, 0.2) is 24.4 Å². The Bertz CT molecular complexity index is 310. The van der Waals surface area contributed by atoms with Crippen molar-refractivity contribution in [3.8, 4) is 0 Å². The lowest BCUT2D eigenvalue weighted by atomic mass is 9.85. The molecule has 0 saturated heterocycles. The van der Waals surface area contributed by atoms with E-state index in [0.29, 0.717) is 12.1 Å². The molecule has 2 nitrogen and oxygen atoms in total. The third-order valence-electron chi connectivity index (χ3n) is 3.71. The standard InChI is InChI=1S/C14H22N2/c1-11-7-3-4-8-13(11)16-12(2)14-9-5-6-10-15-14/h5-6,9-13,16H,3-4,7-8H2,1-2H3. The van der Waals surface area contributed by atoms with Gasteiger partial charge in [-0.2, -0.15) is 0 Å². The second-order valence-electron chi connectivity index (χ2n) is 5.01. The van der Waals surface area contributed by atoms with Gasteiger partial charge < -0.3 is 5.32 Å². The molecule has 0 amide bonds. The fourth-order valence-electron chi connectivity index (χ4n) is 2.60. The Hall–Kier alpha value is -0.890. The second-order valence-corrected chi connectivity index (χ2v) is 5.01. The van der Waals surface area contributed by atoms with Gasteiger partial charge in [-0.1, -0.05) is 25.8 Å². The van der Waals surface area contributed by atoms with E-state index in [4.69, 9.17) is 0 Å². The van der Waals surface area contributed by atoms with Crippen LogP contribution in [0.2, 0.25) is 0 Å². The summed E-state index contributed by atoms with van der Waals surface area (Å²) in [5.74, 6) is 0.805. The van der Waals surface area contributed by atoms with Crippen molar-refractivity contribution in [1.82, 2.24) is 10.3 Å². The van der Waals surface area contributed by atoms with Gasteiger partial charge in [-0.25, -0.2) is 0 Å². The molecular formula is C14H22N2. The van der Waals surface area contributed by atoms with Crippen molar-refractivity contribution in [2.45, 2.75) is 51.6 Å². The van der Waals surface area contributed by atoms with E-state index in [-0.39, 0.29) is 0 Å². The van der Waals surface area contributed by atoms with Crippen LogP contribution in [-0.2, 0) is 0 Å². The number of hydrogen-bond acceptors (Lipinski definition) is 2. The summed E-state index contributed by atoms with van der Waals surface area (Å²) >= 11 is 0. The number of hydrogen-bond donors (Lipinski definition) is 1. The van der Waals surface area contributed by atoms with Gasteiger partial charge >= 0.3 is 0 Å². The van der Waals surface area contributed by atoms with E-state index in [1.54, 1.807) is 0 Å². The molecule has 2 heteroatoms. The molecule has 16 heavy (non-hydrogen) atoms. The highest BCUT2D eigenvalue weighted by Crippen LogP contribution is 2.25. The first-order valence-electron chi connectivity index (χ1n) is 6.44. The van der Waals surface area contributed by atoms with E-state index < -0.39 is 0 Å². The molecule has 1 aromatic heterocycles. The number of nitrogens with one attached hydrogen (secondary N) is 1. The van der Waals surface area contributed by atoms with Gasteiger partial charge in [0.05, 0.1) is 5.69 Å². The molecule has 1 aliphatic carbocycles. The van der Waals surface area contributed by atoms with E-state index in [0.717, 1.165) is 11.6 Å². The molecule has 3 unspecified atom stereocenters. The van der Waals surface area contributed by atoms with Crippen LogP contribution in [0.25, 0.3) is 0 Å². The topological polar surface area (TPSA) is 24.9 Å². The summed E-state index contributed by atoms with van der Waals surface area (Å²) in [4.78, 5) is 4.41. The van der Waals surface area contributed by atoms with Gasteiger partial charge in [0.1, 0.15) is 0 Å². The van der Waals surface area contributed by atoms with Gasteiger partial charge in [-0.05, 0) is 37.8 Å². The maximum atomic E-state index is 4.41. The largest absolute Gasteiger partial charge is 0.306 e. The Morgan fingerprint density at radius 2 is 2.12 bits per heavy atom. The maximum absolute atomic E-state index is 4.41. The van der Waals surface area contributed by atoms with E-state index in [2.05, 4.69) is 36.3 Å². The third kappa shape index (κ3) is 2.82. The molecular weight excluding hydrogens is 196 g/mol. The molecule has 1 N–H and O–H groups in total. The first kappa shape index (κ1) is 11.6. The molecule has 0 aliphatic heterocycles. The minimum atomic E-state index is 0.367. The van der Waals surface area contributed by atoms with Crippen molar-refractivity contribution in [3.05, 3.63) is 30.1 Å². The Balaban J connectivity index is 1.94. The lowest BCUT2D eigenvalue weighted by Crippen LogP contribution is -2.38. The fourth-order valence-corrected chi connectivity index (χ4v) is 2.60. The lowest BCUT2D eigenvalue weighted by molar-refractivity contribution is 0.262. The quantitative estimate of drug-likeness (QED) is 0.842. The van der Waals surface area contributed by atoms with Crippen LogP contribution >= 0.6 is 0 Å². The van der Waals surface area contributed by atoms with Crippen LogP contribution in [0.3, 0.4) is 0 Å². The van der Waals surface area contributed by atoms with Gasteiger partial charge in [0, 0.05) is 18.3 Å². The molecule has 0 bridgehead atoms. The molecule has 1 saturated carbocycles. The van der Waals surface area contributed by atoms with E-state index in [9.17, 15) is 0 Å². The molecule has 0 radical (unpaired) electrons. The average Bonchev–Trinajstić information content (AvgIpc) is 2.33. The Labute approximate surface area is 98.5 Å². The molecule has 1 fully saturated rings. The highest BCUT2D eigenvalue weighted by molar-refractivity contribution is 5.08. The second kappa shape index (κ2) is 5.44. The lowest BCUT2D eigenvalue weighted by Gasteiger charge is -2.32. The number of rotatable bonds is 3. The average molecular weight is 218 g/mol. The Morgan fingerprint density at radius 3 is 2.81 bits per heavy atom. The summed E-state index contributed by atoms with van der Waals surface area (Å²) in [7, 11) is 0.